The summed E-state index contributed by atoms with van der Waals surface area (Å²) in [5, 5.41) is 9.86. The third kappa shape index (κ3) is 1.89. The first-order valence-electron chi connectivity index (χ1n) is 6.22. The van der Waals surface area contributed by atoms with E-state index in [4.69, 9.17) is 0 Å². The Bertz CT molecular complexity index is 789. The zero-order chi connectivity index (χ0) is 14.3. The molecule has 0 radical (unpaired) electrons. The van der Waals surface area contributed by atoms with Crippen LogP contribution in [0.4, 0.5) is 0 Å². The number of amides is 1. The summed E-state index contributed by atoms with van der Waals surface area (Å²) in [6, 6.07) is 5.80. The minimum atomic E-state index is -0.119. The van der Waals surface area contributed by atoms with Crippen molar-refractivity contribution in [1.29, 1.82) is 0 Å². The number of carbonyl (C=O) groups is 1. The Morgan fingerprint density at radius 1 is 1.45 bits per heavy atom. The maximum atomic E-state index is 12.1. The van der Waals surface area contributed by atoms with Crippen LogP contribution in [0.3, 0.4) is 0 Å². The van der Waals surface area contributed by atoms with Gasteiger partial charge in [0.15, 0.2) is 5.65 Å². The van der Waals surface area contributed by atoms with Crippen molar-refractivity contribution in [3.05, 3.63) is 34.8 Å². The SMILES string of the molecule is CNC(=O)c1cc(-c2cccs2)nc2c1c(C)nn2C. The van der Waals surface area contributed by atoms with Gasteiger partial charge in [0.05, 0.1) is 27.2 Å². The highest BCUT2D eigenvalue weighted by atomic mass is 32.1. The predicted octanol–water partition coefficient (Wildman–Crippen LogP) is 2.36. The van der Waals surface area contributed by atoms with Crippen LogP contribution in [-0.4, -0.2) is 27.7 Å². The maximum Gasteiger partial charge on any atom is 0.251 e. The van der Waals surface area contributed by atoms with Crippen molar-refractivity contribution in [2.75, 3.05) is 7.05 Å². The molecular weight excluding hydrogens is 272 g/mol. The molecule has 0 atom stereocenters. The lowest BCUT2D eigenvalue weighted by Gasteiger charge is -2.06. The van der Waals surface area contributed by atoms with Gasteiger partial charge in [0, 0.05) is 14.1 Å². The smallest absolute Gasteiger partial charge is 0.251 e. The zero-order valence-electron chi connectivity index (χ0n) is 11.5. The average Bonchev–Trinajstić information content (AvgIpc) is 3.07. The Morgan fingerprint density at radius 2 is 2.25 bits per heavy atom. The van der Waals surface area contributed by atoms with Gasteiger partial charge in [0.1, 0.15) is 0 Å². The molecule has 1 amide bonds. The van der Waals surface area contributed by atoms with Gasteiger partial charge in [-0.25, -0.2) is 4.98 Å². The van der Waals surface area contributed by atoms with Crippen LogP contribution in [0.15, 0.2) is 23.6 Å². The zero-order valence-corrected chi connectivity index (χ0v) is 12.3. The number of fused-ring (bicyclic) bond motifs is 1. The van der Waals surface area contributed by atoms with Crippen LogP contribution in [0.2, 0.25) is 0 Å². The van der Waals surface area contributed by atoms with Crippen molar-refractivity contribution in [3.63, 3.8) is 0 Å². The molecule has 3 aromatic rings. The van der Waals surface area contributed by atoms with E-state index in [1.165, 1.54) is 0 Å². The normalized spacial score (nSPS) is 10.9. The second-order valence-corrected chi connectivity index (χ2v) is 5.47. The summed E-state index contributed by atoms with van der Waals surface area (Å²) in [7, 11) is 3.47. The summed E-state index contributed by atoms with van der Waals surface area (Å²) >= 11 is 1.60. The summed E-state index contributed by atoms with van der Waals surface area (Å²) in [4.78, 5) is 17.8. The van der Waals surface area contributed by atoms with Crippen molar-refractivity contribution in [2.45, 2.75) is 6.92 Å². The van der Waals surface area contributed by atoms with Gasteiger partial charge in [-0.2, -0.15) is 5.10 Å². The van der Waals surface area contributed by atoms with Crippen LogP contribution < -0.4 is 5.32 Å². The minimum Gasteiger partial charge on any atom is -0.355 e. The summed E-state index contributed by atoms with van der Waals surface area (Å²) in [6.45, 7) is 1.89. The van der Waals surface area contributed by atoms with Gasteiger partial charge >= 0.3 is 0 Å². The molecule has 0 aliphatic heterocycles. The number of rotatable bonds is 2. The van der Waals surface area contributed by atoms with Crippen LogP contribution in [0, 0.1) is 6.92 Å². The largest absolute Gasteiger partial charge is 0.355 e. The Labute approximate surface area is 120 Å². The Kier molecular flexibility index (Phi) is 3.02. The first-order valence-corrected chi connectivity index (χ1v) is 7.10. The highest BCUT2D eigenvalue weighted by Crippen LogP contribution is 2.29. The van der Waals surface area contributed by atoms with Gasteiger partial charge in [0.25, 0.3) is 5.91 Å². The van der Waals surface area contributed by atoms with E-state index in [1.54, 1.807) is 23.1 Å². The fraction of sp³-hybridized carbons (Fsp3) is 0.214. The third-order valence-corrected chi connectivity index (χ3v) is 4.11. The number of thiophene rings is 1. The Morgan fingerprint density at radius 3 is 2.90 bits per heavy atom. The van der Waals surface area contributed by atoms with Crippen molar-refractivity contribution in [2.24, 2.45) is 7.05 Å². The Balaban J connectivity index is 2.36. The van der Waals surface area contributed by atoms with E-state index in [-0.39, 0.29) is 5.91 Å². The van der Waals surface area contributed by atoms with Crippen molar-refractivity contribution in [1.82, 2.24) is 20.1 Å². The van der Waals surface area contributed by atoms with Gasteiger partial charge in [0.2, 0.25) is 0 Å². The molecule has 3 aromatic heterocycles. The van der Waals surface area contributed by atoms with Crippen molar-refractivity contribution in [3.8, 4) is 10.6 Å². The molecule has 0 fully saturated rings. The molecule has 0 unspecified atom stereocenters. The molecule has 0 saturated heterocycles. The molecule has 1 N–H and O–H groups in total. The second kappa shape index (κ2) is 4.72. The van der Waals surface area contributed by atoms with E-state index >= 15 is 0 Å². The van der Waals surface area contributed by atoms with Crippen LogP contribution in [0.5, 0.6) is 0 Å². The van der Waals surface area contributed by atoms with Crippen LogP contribution in [0.25, 0.3) is 21.6 Å². The average molecular weight is 286 g/mol. The number of nitrogens with one attached hydrogen (secondary N) is 1. The lowest BCUT2D eigenvalue weighted by molar-refractivity contribution is 0.0964. The molecule has 0 saturated carbocycles. The molecule has 3 rings (SSSR count). The molecule has 0 bridgehead atoms. The summed E-state index contributed by atoms with van der Waals surface area (Å²) in [6.07, 6.45) is 0. The Hall–Kier alpha value is -2.21. The number of carbonyl (C=O) groups excluding carboxylic acids is 1. The van der Waals surface area contributed by atoms with E-state index in [0.29, 0.717) is 5.56 Å². The standard InChI is InChI=1S/C14H14N4OS/c1-8-12-9(14(19)15-2)7-10(11-5-4-6-20-11)16-13(12)18(3)17-8/h4-7H,1-3H3,(H,15,19). The highest BCUT2D eigenvalue weighted by Gasteiger charge is 2.18. The second-order valence-electron chi connectivity index (χ2n) is 4.52. The molecule has 0 aromatic carbocycles. The number of hydrogen-bond acceptors (Lipinski definition) is 4. The van der Waals surface area contributed by atoms with E-state index in [9.17, 15) is 4.79 Å². The van der Waals surface area contributed by atoms with E-state index in [1.807, 2.05) is 37.6 Å². The molecule has 0 aliphatic rings. The van der Waals surface area contributed by atoms with Crippen molar-refractivity contribution >= 4 is 28.3 Å². The number of nitrogens with zero attached hydrogens (tertiary/aromatic N) is 3. The van der Waals surface area contributed by atoms with Gasteiger partial charge in [-0.05, 0) is 24.4 Å². The van der Waals surface area contributed by atoms with E-state index in [0.717, 1.165) is 27.3 Å². The predicted molar refractivity (Wildman–Crippen MR) is 79.9 cm³/mol. The van der Waals surface area contributed by atoms with Gasteiger partial charge < -0.3 is 5.32 Å². The molecule has 0 aliphatic carbocycles. The highest BCUT2D eigenvalue weighted by molar-refractivity contribution is 7.13. The number of aryl methyl sites for hydroxylation is 2. The van der Waals surface area contributed by atoms with Crippen LogP contribution >= 0.6 is 11.3 Å². The quantitative estimate of drug-likeness (QED) is 0.786. The van der Waals surface area contributed by atoms with Gasteiger partial charge in [-0.3, -0.25) is 9.48 Å². The molecule has 20 heavy (non-hydrogen) atoms. The molecule has 102 valence electrons. The summed E-state index contributed by atoms with van der Waals surface area (Å²) < 4.78 is 1.72. The van der Waals surface area contributed by atoms with Crippen molar-refractivity contribution < 1.29 is 4.79 Å². The van der Waals surface area contributed by atoms with E-state index in [2.05, 4.69) is 15.4 Å². The number of hydrogen-bond donors (Lipinski definition) is 1. The first-order chi connectivity index (χ1) is 9.61. The lowest BCUT2D eigenvalue weighted by atomic mass is 10.1. The first kappa shape index (κ1) is 12.8. The fourth-order valence-corrected chi connectivity index (χ4v) is 3.00. The topological polar surface area (TPSA) is 59.8 Å². The van der Waals surface area contributed by atoms with Crippen LogP contribution in [0.1, 0.15) is 16.1 Å². The van der Waals surface area contributed by atoms with E-state index < -0.39 is 0 Å². The number of aromatic nitrogens is 3. The molecular formula is C14H14N4OS. The molecule has 3 heterocycles. The summed E-state index contributed by atoms with van der Waals surface area (Å²) in [5.41, 5.74) is 2.96. The minimum absolute atomic E-state index is 0.119. The number of pyridine rings is 1. The van der Waals surface area contributed by atoms with Gasteiger partial charge in [-0.1, -0.05) is 6.07 Å². The maximum absolute atomic E-state index is 12.1. The molecule has 0 spiro atoms. The monoisotopic (exact) mass is 286 g/mol. The van der Waals surface area contributed by atoms with Gasteiger partial charge in [-0.15, -0.1) is 11.3 Å². The molecule has 5 nitrogen and oxygen atoms in total. The van der Waals surface area contributed by atoms with Crippen LogP contribution in [-0.2, 0) is 7.05 Å². The summed E-state index contributed by atoms with van der Waals surface area (Å²) in [5.74, 6) is -0.119. The third-order valence-electron chi connectivity index (χ3n) is 3.21. The fourth-order valence-electron chi connectivity index (χ4n) is 2.31. The molecule has 6 heteroatoms. The lowest BCUT2D eigenvalue weighted by Crippen LogP contribution is -2.18.